The highest BCUT2D eigenvalue weighted by molar-refractivity contribution is 6.02. The molecule has 0 aliphatic rings. The van der Waals surface area contributed by atoms with Gasteiger partial charge in [0.05, 0.1) is 24.6 Å². The van der Waals surface area contributed by atoms with Crippen LogP contribution in [0.1, 0.15) is 16.2 Å². The lowest BCUT2D eigenvalue weighted by Crippen LogP contribution is -2.14. The number of halogens is 1. The second-order valence-electron chi connectivity index (χ2n) is 4.93. The Labute approximate surface area is 137 Å². The van der Waals surface area contributed by atoms with Gasteiger partial charge in [0.15, 0.2) is 0 Å². The van der Waals surface area contributed by atoms with Crippen molar-refractivity contribution in [1.82, 2.24) is 15.0 Å². The molecule has 0 spiro atoms. The minimum Gasteiger partial charge on any atom is -0.363 e. The van der Waals surface area contributed by atoms with Gasteiger partial charge in [0, 0.05) is 11.9 Å². The molecule has 2 heterocycles. The van der Waals surface area contributed by atoms with Crippen LogP contribution < -0.4 is 10.6 Å². The van der Waals surface area contributed by atoms with Gasteiger partial charge in [0.1, 0.15) is 17.3 Å². The van der Waals surface area contributed by atoms with E-state index in [2.05, 4.69) is 25.6 Å². The van der Waals surface area contributed by atoms with E-state index >= 15 is 0 Å². The number of amides is 1. The molecule has 0 unspecified atom stereocenters. The summed E-state index contributed by atoms with van der Waals surface area (Å²) in [5.74, 6) is -0.347. The number of benzene rings is 1. The quantitative estimate of drug-likeness (QED) is 0.755. The molecule has 0 aliphatic heterocycles. The Morgan fingerprint density at radius 2 is 1.96 bits per heavy atom. The lowest BCUT2D eigenvalue weighted by atomic mass is 10.3. The average molecular weight is 323 g/mol. The summed E-state index contributed by atoms with van der Waals surface area (Å²) in [5.41, 5.74) is 1.37. The molecule has 2 aromatic heterocycles. The third-order valence-corrected chi connectivity index (χ3v) is 3.14. The van der Waals surface area contributed by atoms with Gasteiger partial charge in [-0.25, -0.2) is 14.4 Å². The molecule has 0 saturated heterocycles. The number of carbonyl (C=O) groups excluding carboxylic acids is 1. The topological polar surface area (TPSA) is 79.8 Å². The zero-order valence-corrected chi connectivity index (χ0v) is 12.6. The van der Waals surface area contributed by atoms with Gasteiger partial charge in [-0.2, -0.15) is 0 Å². The maximum atomic E-state index is 13.1. The summed E-state index contributed by atoms with van der Waals surface area (Å²) in [6.07, 6.45) is 4.53. The van der Waals surface area contributed by atoms with Crippen LogP contribution in [0, 0.1) is 5.82 Å². The van der Waals surface area contributed by atoms with Crippen LogP contribution in [-0.2, 0) is 6.54 Å². The highest BCUT2D eigenvalue weighted by Gasteiger charge is 2.09. The zero-order chi connectivity index (χ0) is 16.8. The van der Waals surface area contributed by atoms with Crippen molar-refractivity contribution >= 4 is 17.4 Å². The minimum absolute atomic E-state index is 0.141. The molecule has 3 aromatic rings. The number of pyridine rings is 1. The molecule has 6 nitrogen and oxygen atoms in total. The van der Waals surface area contributed by atoms with Crippen molar-refractivity contribution in [2.24, 2.45) is 0 Å². The molecule has 3 rings (SSSR count). The second-order valence-corrected chi connectivity index (χ2v) is 4.93. The molecule has 2 N–H and O–H groups in total. The molecule has 0 aliphatic carbocycles. The lowest BCUT2D eigenvalue weighted by molar-refractivity contribution is 0.102. The number of hydrogen-bond acceptors (Lipinski definition) is 5. The highest BCUT2D eigenvalue weighted by atomic mass is 19.1. The molecular weight excluding hydrogens is 309 g/mol. The zero-order valence-electron chi connectivity index (χ0n) is 12.6. The van der Waals surface area contributed by atoms with Crippen LogP contribution in [0.5, 0.6) is 0 Å². The van der Waals surface area contributed by atoms with E-state index in [0.29, 0.717) is 18.1 Å². The summed E-state index contributed by atoms with van der Waals surface area (Å²) < 4.78 is 13.1. The number of nitrogens with zero attached hydrogens (tertiary/aromatic N) is 3. The van der Waals surface area contributed by atoms with Crippen LogP contribution in [0.15, 0.2) is 61.1 Å². The summed E-state index contributed by atoms with van der Waals surface area (Å²) in [5, 5.41) is 5.63. The third-order valence-electron chi connectivity index (χ3n) is 3.14. The molecule has 1 aromatic carbocycles. The Bertz CT molecular complexity index is 824. The normalized spacial score (nSPS) is 10.2. The van der Waals surface area contributed by atoms with Gasteiger partial charge in [-0.05, 0) is 30.3 Å². The number of aromatic nitrogens is 3. The van der Waals surface area contributed by atoms with E-state index < -0.39 is 11.7 Å². The highest BCUT2D eigenvalue weighted by Crippen LogP contribution is 2.11. The number of nitrogens with one attached hydrogen (secondary N) is 2. The van der Waals surface area contributed by atoms with Crippen LogP contribution in [-0.4, -0.2) is 20.9 Å². The number of anilines is 2. The Kier molecular flexibility index (Phi) is 4.71. The van der Waals surface area contributed by atoms with E-state index in [1.54, 1.807) is 12.3 Å². The largest absolute Gasteiger partial charge is 0.363 e. The lowest BCUT2D eigenvalue weighted by Gasteiger charge is -2.06. The number of rotatable bonds is 5. The Balaban J connectivity index is 1.60. The molecule has 0 atom stereocenters. The van der Waals surface area contributed by atoms with Crippen LogP contribution >= 0.6 is 0 Å². The Hall–Kier alpha value is -3.35. The van der Waals surface area contributed by atoms with E-state index in [4.69, 9.17) is 0 Å². The molecule has 0 radical (unpaired) electrons. The van der Waals surface area contributed by atoms with E-state index in [-0.39, 0.29) is 5.69 Å². The summed E-state index contributed by atoms with van der Waals surface area (Å²) in [6, 6.07) is 11.3. The fraction of sp³-hybridized carbons (Fsp3) is 0.0588. The first-order valence-corrected chi connectivity index (χ1v) is 7.23. The van der Waals surface area contributed by atoms with Gasteiger partial charge in [-0.15, -0.1) is 0 Å². The summed E-state index contributed by atoms with van der Waals surface area (Å²) in [4.78, 5) is 24.4. The predicted molar refractivity (Wildman–Crippen MR) is 87.9 cm³/mol. The molecule has 1 amide bonds. The minimum atomic E-state index is -0.454. The number of carbonyl (C=O) groups is 1. The van der Waals surface area contributed by atoms with Crippen LogP contribution in [0.4, 0.5) is 15.9 Å². The van der Waals surface area contributed by atoms with E-state index in [1.165, 1.54) is 30.6 Å². The van der Waals surface area contributed by atoms with Crippen molar-refractivity contribution < 1.29 is 9.18 Å². The van der Waals surface area contributed by atoms with Crippen molar-refractivity contribution in [1.29, 1.82) is 0 Å². The third kappa shape index (κ3) is 4.10. The smallest absolute Gasteiger partial charge is 0.275 e. The van der Waals surface area contributed by atoms with Gasteiger partial charge in [0.25, 0.3) is 5.91 Å². The van der Waals surface area contributed by atoms with Crippen LogP contribution in [0.3, 0.4) is 0 Å². The summed E-state index contributed by atoms with van der Waals surface area (Å²) in [7, 11) is 0. The van der Waals surface area contributed by atoms with E-state index in [9.17, 15) is 9.18 Å². The van der Waals surface area contributed by atoms with E-state index in [1.807, 2.05) is 18.2 Å². The molecule has 0 fully saturated rings. The molecule has 7 heteroatoms. The monoisotopic (exact) mass is 323 g/mol. The van der Waals surface area contributed by atoms with Crippen LogP contribution in [0.25, 0.3) is 0 Å². The summed E-state index contributed by atoms with van der Waals surface area (Å²) >= 11 is 0. The van der Waals surface area contributed by atoms with Gasteiger partial charge >= 0.3 is 0 Å². The van der Waals surface area contributed by atoms with Crippen molar-refractivity contribution in [2.45, 2.75) is 6.54 Å². The van der Waals surface area contributed by atoms with Crippen molar-refractivity contribution in [2.75, 3.05) is 10.6 Å². The molecular formula is C17H14FN5O. The van der Waals surface area contributed by atoms with Gasteiger partial charge in [-0.1, -0.05) is 12.1 Å². The molecule has 120 valence electrons. The Morgan fingerprint density at radius 3 is 2.67 bits per heavy atom. The van der Waals surface area contributed by atoms with Crippen molar-refractivity contribution in [3.8, 4) is 0 Å². The fourth-order valence-electron chi connectivity index (χ4n) is 1.98. The SMILES string of the molecule is O=C(Nc1cccc(F)c1)c1cnc(NCc2ccccn2)cn1. The molecule has 0 saturated carbocycles. The Morgan fingerprint density at radius 1 is 1.04 bits per heavy atom. The number of hydrogen-bond donors (Lipinski definition) is 2. The second kappa shape index (κ2) is 7.28. The first-order valence-electron chi connectivity index (χ1n) is 7.23. The standard InChI is InChI=1S/C17H14FN5O/c18-12-4-3-6-13(8-12)23-17(24)15-10-22-16(11-20-15)21-9-14-5-1-2-7-19-14/h1-8,10-11H,9H2,(H,21,22)(H,23,24). The van der Waals surface area contributed by atoms with Gasteiger partial charge in [0.2, 0.25) is 0 Å². The first kappa shape index (κ1) is 15.5. The van der Waals surface area contributed by atoms with E-state index in [0.717, 1.165) is 5.69 Å². The average Bonchev–Trinajstić information content (AvgIpc) is 2.61. The van der Waals surface area contributed by atoms with Crippen molar-refractivity contribution in [3.05, 3.63) is 78.3 Å². The molecule has 0 bridgehead atoms. The predicted octanol–water partition coefficient (Wildman–Crippen LogP) is 2.88. The molecule has 24 heavy (non-hydrogen) atoms. The fourth-order valence-corrected chi connectivity index (χ4v) is 1.98. The first-order chi connectivity index (χ1) is 11.7. The van der Waals surface area contributed by atoms with Crippen molar-refractivity contribution in [3.63, 3.8) is 0 Å². The van der Waals surface area contributed by atoms with Gasteiger partial charge < -0.3 is 10.6 Å². The summed E-state index contributed by atoms with van der Waals surface area (Å²) in [6.45, 7) is 0.504. The maximum absolute atomic E-state index is 13.1. The maximum Gasteiger partial charge on any atom is 0.275 e. The van der Waals surface area contributed by atoms with Gasteiger partial charge in [-0.3, -0.25) is 9.78 Å². The van der Waals surface area contributed by atoms with Crippen LogP contribution in [0.2, 0.25) is 0 Å².